The van der Waals surface area contributed by atoms with E-state index in [-0.39, 0.29) is 196 Å². The van der Waals surface area contributed by atoms with Gasteiger partial charge in [0.05, 0.1) is 34.5 Å². The van der Waals surface area contributed by atoms with Crippen LogP contribution in [0.4, 0.5) is 5.69 Å². The predicted molar refractivity (Wildman–Crippen MR) is 382 cm³/mol. The summed E-state index contributed by atoms with van der Waals surface area (Å²) in [6.45, 7) is 28.3. The van der Waals surface area contributed by atoms with Crippen molar-refractivity contribution in [3.63, 3.8) is 0 Å². The van der Waals surface area contributed by atoms with Gasteiger partial charge in [-0.1, -0.05) is 72.4 Å². The molecule has 0 unspecified atom stereocenters. The third-order valence-electron chi connectivity index (χ3n) is 9.60. The van der Waals surface area contributed by atoms with Gasteiger partial charge in [0.25, 0.3) is 0 Å². The van der Waals surface area contributed by atoms with Crippen LogP contribution in [0, 0.1) is 51.1 Å². The molecule has 0 fully saturated rings. The van der Waals surface area contributed by atoms with Crippen LogP contribution in [0.3, 0.4) is 0 Å². The fourth-order valence-corrected chi connectivity index (χ4v) is 5.63. The number of hydrogen-bond donors (Lipinski definition) is 1. The molecule has 19 nitrogen and oxygen atoms in total. The first-order valence-electron chi connectivity index (χ1n) is 27.8. The number of H-pyrrole nitrogens is 1. The molecule has 8 aromatic heterocycles. The van der Waals surface area contributed by atoms with Crippen molar-refractivity contribution in [2.24, 2.45) is 10.1 Å². The molecule has 0 amide bonds. The third-order valence-corrected chi connectivity index (χ3v) is 9.60. The maximum Gasteiger partial charge on any atom is 0.115 e. The molecule has 0 atom stereocenters. The van der Waals surface area contributed by atoms with E-state index in [1.807, 2.05) is 158 Å². The summed E-state index contributed by atoms with van der Waals surface area (Å²) in [7, 11) is 0. The van der Waals surface area contributed by atoms with E-state index in [0.717, 1.165) is 52.3 Å². The Morgan fingerprint density at radius 2 is 0.733 bits per heavy atom. The quantitative estimate of drug-likeness (QED) is 0.0702. The van der Waals surface area contributed by atoms with Crippen LogP contribution < -0.4 is 0 Å². The number of aliphatic imine (C=N–C) groups is 1. The van der Waals surface area contributed by atoms with Gasteiger partial charge in [-0.2, -0.15) is 74.3 Å². The van der Waals surface area contributed by atoms with Crippen LogP contribution in [0.2, 0.25) is 0 Å². The van der Waals surface area contributed by atoms with Gasteiger partial charge in [-0.25, -0.2) is 22.1 Å². The number of benzene rings is 6. The summed E-state index contributed by atoms with van der Waals surface area (Å²) in [5, 5.41) is 37.7. The molecule has 494 valence electrons. The van der Waals surface area contributed by atoms with E-state index < -0.39 is 0 Å². The smallest absolute Gasteiger partial charge is 0.115 e. The van der Waals surface area contributed by atoms with Crippen molar-refractivity contribution in [3.05, 3.63) is 415 Å². The number of hydrogen-bond acceptors (Lipinski definition) is 15. The number of aromatic nitrogens is 14. The van der Waals surface area contributed by atoms with Crippen LogP contribution in [0.5, 0.6) is 0 Å². The zero-order valence-electron chi connectivity index (χ0n) is 55.0. The number of para-hydroxylation sites is 4. The topological polar surface area (TPSA) is 275 Å². The number of nitrogens with zero attached hydrogens (tertiary/aromatic N) is 18. The van der Waals surface area contributed by atoms with Crippen LogP contribution in [0.1, 0.15) is 11.1 Å². The van der Waals surface area contributed by atoms with Gasteiger partial charge in [0.2, 0.25) is 0 Å². The standard InChI is InChI=1S/2C9H7N.C8H6N2.C8H6.C7H5N.C6H4N2.C5H5N.3C4H4N2.C4H4.2C3H3N.C2H3N3.6Y/c2*1-2-6-9-8(4-1)5-3-7-10-9;1-2-4-8-7(3-1)9-5-6-10-8;1-2-8-6-4-3-5-7-8;8-6-7-4-2-1-3-5-7;7-8-6-4-2-1-3-5-6;1-2-4-6-5-3-1;1-2-6-4-3-5-1;1-2-5-4-6-3-1;1-2-4-6-5-3-1;2*1-3-4-2;1-2-3-4;1-2-4-5-3-1;;;;;;/h2*1-7H;1-6H;1-6H;1-4,6H;1-4H;1-5H;3*1-4H;1-4H;2*1-3H;1-2H,(H,3,4,5);;;;;;/q;;;3*-2;;;;;3*-2;;;;;;;. The number of pyridine rings is 3. The van der Waals surface area contributed by atoms with Gasteiger partial charge >= 0.3 is 0 Å². The van der Waals surface area contributed by atoms with Crippen LogP contribution in [0.25, 0.3) is 55.3 Å². The molecule has 1 N–H and O–H groups in total. The normalized spacial score (nSPS) is 7.88. The summed E-state index contributed by atoms with van der Waals surface area (Å²) in [6, 6.07) is 73.3. The van der Waals surface area contributed by atoms with E-state index in [1.54, 1.807) is 123 Å². The molecule has 6 radical (unpaired) electrons. The van der Waals surface area contributed by atoms with Gasteiger partial charge in [0.15, 0.2) is 0 Å². The maximum absolute atomic E-state index is 8.38. The molecule has 6 aromatic carbocycles. The average molecular weight is 1780 g/mol. The minimum absolute atomic E-state index is 0. The summed E-state index contributed by atoms with van der Waals surface area (Å²) in [5.74, 6) is 0. The van der Waals surface area contributed by atoms with E-state index in [0.29, 0.717) is 11.3 Å². The van der Waals surface area contributed by atoms with Gasteiger partial charge in [-0.3, -0.25) is 53.8 Å². The number of fused-ring (bicyclic) bond motifs is 3. The first-order chi connectivity index (χ1) is 46.9. The van der Waals surface area contributed by atoms with Crippen LogP contribution >= 0.6 is 0 Å². The molecule has 25 heteroatoms. The number of rotatable bonds is 6. The van der Waals surface area contributed by atoms with Crippen molar-refractivity contribution < 1.29 is 196 Å². The van der Waals surface area contributed by atoms with Gasteiger partial charge < -0.3 is 89.0 Å². The monoisotopic (exact) mass is 1780 g/mol. The Labute approximate surface area is 744 Å². The Balaban J connectivity index is -0.000000242. The molecule has 0 aliphatic rings. The molecule has 0 bridgehead atoms. The van der Waals surface area contributed by atoms with Crippen molar-refractivity contribution >= 4 is 63.7 Å². The average Bonchev–Trinajstić information content (AvgIpc) is 1.05. The number of nitrogens with one attached hydrogen (secondary N) is 1. The van der Waals surface area contributed by atoms with E-state index in [1.165, 1.54) is 35.3 Å². The zero-order chi connectivity index (χ0) is 68.6. The summed E-state index contributed by atoms with van der Waals surface area (Å²) >= 11 is 0. The summed E-state index contributed by atoms with van der Waals surface area (Å²) < 4.78 is 0. The number of allylic oxidation sites excluding steroid dienone is 3. The molecular formula is C76H65N19Y6-12. The predicted octanol–water partition coefficient (Wildman–Crippen LogP) is 16.0. The Morgan fingerprint density at radius 3 is 0.970 bits per heavy atom. The van der Waals surface area contributed by atoms with Gasteiger partial charge in [-0.15, -0.1) is 42.5 Å². The van der Waals surface area contributed by atoms with Crippen molar-refractivity contribution in [2.75, 3.05) is 0 Å². The van der Waals surface area contributed by atoms with Crippen LogP contribution in [0.15, 0.2) is 346 Å². The fraction of sp³-hybridized carbons (Fsp3) is 0. The Bertz CT molecular complexity index is 3300. The molecular weight excluding hydrogens is 1710 g/mol. The zero-order valence-corrected chi connectivity index (χ0v) is 72.0. The molecule has 101 heavy (non-hydrogen) atoms. The van der Waals surface area contributed by atoms with E-state index in [2.05, 4.69) is 143 Å². The second-order valence-electron chi connectivity index (χ2n) is 16.1. The first kappa shape index (κ1) is 105. The molecule has 14 aromatic rings. The van der Waals surface area contributed by atoms with E-state index in [4.69, 9.17) is 36.1 Å². The second-order valence-corrected chi connectivity index (χ2v) is 16.1. The molecule has 0 saturated heterocycles. The largest absolute Gasteiger partial charge is 0.911 e. The Morgan fingerprint density at radius 1 is 0.356 bits per heavy atom. The second kappa shape index (κ2) is 83.6. The third kappa shape index (κ3) is 64.8. The SMILES string of the molecule is [CH-]=CC=[CH-].[CH-]=CC=[N-].[CH-]=CN=[CH-].[CH-]=Cc1[c-]cccc1.[N-]=Cc1[c-]cccc1.[N-]=Nc1[c-]cccc1.[Y].[Y].[Y].[Y].[Y].[Y].c1ccc2ncccc2c1.c1ccc2ncccc2c1.c1ccc2nccnc2c1.c1ccncc1.c1ccnnc1.c1cn[nH]n1.c1cnccn1.c1cncnc1. The van der Waals surface area contributed by atoms with Crippen LogP contribution in [-0.4, -0.2) is 89.6 Å². The first-order valence-corrected chi connectivity index (χ1v) is 27.8. The summed E-state index contributed by atoms with van der Waals surface area (Å²) in [5.41, 5.74) is 14.3. The molecule has 0 aliphatic carbocycles. The summed E-state index contributed by atoms with van der Waals surface area (Å²) in [6.07, 6.45) is 36.4. The minimum Gasteiger partial charge on any atom is -0.911 e. The van der Waals surface area contributed by atoms with Crippen molar-refractivity contribution in [1.29, 1.82) is 0 Å². The van der Waals surface area contributed by atoms with Crippen molar-refractivity contribution in [3.8, 4) is 0 Å². The fourth-order valence-electron chi connectivity index (χ4n) is 5.63. The van der Waals surface area contributed by atoms with Crippen LogP contribution in [-0.2, 0) is 196 Å². The molecule has 8 heterocycles. The van der Waals surface area contributed by atoms with Gasteiger partial charge in [0, 0.05) is 294 Å². The van der Waals surface area contributed by atoms with E-state index in [9.17, 15) is 0 Å². The Kier molecular flexibility index (Phi) is 86.9. The molecule has 14 rings (SSSR count). The molecule has 0 aliphatic heterocycles. The maximum atomic E-state index is 8.38. The summed E-state index contributed by atoms with van der Waals surface area (Å²) in [4.78, 5) is 38.1. The Hall–Kier alpha value is -7.06. The minimum atomic E-state index is 0. The van der Waals surface area contributed by atoms with Crippen molar-refractivity contribution in [2.45, 2.75) is 0 Å². The van der Waals surface area contributed by atoms with Gasteiger partial charge in [-0.05, 0) is 66.7 Å². The molecule has 0 saturated carbocycles. The van der Waals surface area contributed by atoms with Crippen molar-refractivity contribution in [1.82, 2.24) is 70.5 Å². The van der Waals surface area contributed by atoms with Gasteiger partial charge in [0.1, 0.15) is 6.33 Å². The van der Waals surface area contributed by atoms with E-state index >= 15 is 0 Å². The number of aromatic amines is 1. The molecule has 0 spiro atoms.